The predicted octanol–water partition coefficient (Wildman–Crippen LogP) is 1.29. The Morgan fingerprint density at radius 3 is 2.57 bits per heavy atom. The van der Waals surface area contributed by atoms with Crippen LogP contribution in [0, 0.1) is 0 Å². The van der Waals surface area contributed by atoms with E-state index in [1.165, 1.54) is 5.69 Å². The number of anilines is 1. The summed E-state index contributed by atoms with van der Waals surface area (Å²) in [6.07, 6.45) is 2.68. The summed E-state index contributed by atoms with van der Waals surface area (Å²) in [5, 5.41) is 9.66. The van der Waals surface area contributed by atoms with Gasteiger partial charge in [-0.2, -0.15) is 0 Å². The molecule has 0 spiro atoms. The first-order valence-electron chi connectivity index (χ1n) is 7.92. The van der Waals surface area contributed by atoms with E-state index in [4.69, 9.17) is 0 Å². The number of carbonyl (C=O) groups is 1. The van der Waals surface area contributed by atoms with E-state index in [0.29, 0.717) is 18.9 Å². The van der Waals surface area contributed by atoms with Gasteiger partial charge in [0.05, 0.1) is 0 Å². The highest BCUT2D eigenvalue weighted by molar-refractivity contribution is 5.76. The third-order valence-corrected chi connectivity index (χ3v) is 4.18. The Bertz CT molecular complexity index is 646. The van der Waals surface area contributed by atoms with Crippen LogP contribution in [0.15, 0.2) is 42.7 Å². The van der Waals surface area contributed by atoms with Crippen molar-refractivity contribution in [3.05, 3.63) is 48.5 Å². The number of hydrogen-bond acceptors (Lipinski definition) is 4. The van der Waals surface area contributed by atoms with Crippen LogP contribution in [0.5, 0.6) is 0 Å². The number of aliphatic hydroxyl groups is 1. The first-order valence-corrected chi connectivity index (χ1v) is 7.92. The van der Waals surface area contributed by atoms with Crippen molar-refractivity contribution in [3.63, 3.8) is 0 Å². The largest absolute Gasteiger partial charge is 0.385 e. The minimum Gasteiger partial charge on any atom is -0.385 e. The quantitative estimate of drug-likeness (QED) is 0.923. The fraction of sp³-hybridized carbons (Fsp3) is 0.412. The summed E-state index contributed by atoms with van der Waals surface area (Å²) in [5.74, 6) is 0.596. The maximum absolute atomic E-state index is 12.5. The zero-order chi connectivity index (χ0) is 16.2. The SMILES string of the molecule is CC(O)c1nccn1CC(=O)N1CCN(c2ccccc2)CC1. The molecule has 6 heteroatoms. The van der Waals surface area contributed by atoms with Crippen LogP contribution < -0.4 is 4.90 Å². The Kier molecular flexibility index (Phi) is 4.62. The molecule has 23 heavy (non-hydrogen) atoms. The summed E-state index contributed by atoms with van der Waals surface area (Å²) >= 11 is 0. The molecular weight excluding hydrogens is 292 g/mol. The fourth-order valence-corrected chi connectivity index (χ4v) is 2.92. The van der Waals surface area contributed by atoms with E-state index in [-0.39, 0.29) is 12.5 Å². The van der Waals surface area contributed by atoms with Crippen molar-refractivity contribution in [1.82, 2.24) is 14.5 Å². The van der Waals surface area contributed by atoms with E-state index in [0.717, 1.165) is 13.1 Å². The highest BCUT2D eigenvalue weighted by Gasteiger charge is 2.22. The van der Waals surface area contributed by atoms with E-state index < -0.39 is 6.10 Å². The molecule has 0 aliphatic carbocycles. The fourth-order valence-electron chi connectivity index (χ4n) is 2.92. The summed E-state index contributed by atoms with van der Waals surface area (Å²) in [4.78, 5) is 20.7. The van der Waals surface area contributed by atoms with Gasteiger partial charge in [-0.1, -0.05) is 18.2 Å². The molecule has 1 unspecified atom stereocenters. The van der Waals surface area contributed by atoms with Crippen molar-refractivity contribution in [1.29, 1.82) is 0 Å². The zero-order valence-corrected chi connectivity index (χ0v) is 13.3. The van der Waals surface area contributed by atoms with Gasteiger partial charge in [0.25, 0.3) is 0 Å². The van der Waals surface area contributed by atoms with Crippen molar-refractivity contribution in [2.24, 2.45) is 0 Å². The van der Waals surface area contributed by atoms with Gasteiger partial charge >= 0.3 is 0 Å². The molecule has 1 saturated heterocycles. The van der Waals surface area contributed by atoms with Crippen LogP contribution in [-0.2, 0) is 11.3 Å². The van der Waals surface area contributed by atoms with Gasteiger partial charge in [0, 0.05) is 44.3 Å². The number of amides is 1. The van der Waals surface area contributed by atoms with Crippen molar-refractivity contribution in [3.8, 4) is 0 Å². The lowest BCUT2D eigenvalue weighted by atomic mass is 10.2. The number of hydrogen-bond donors (Lipinski definition) is 1. The third-order valence-electron chi connectivity index (χ3n) is 4.18. The Morgan fingerprint density at radius 1 is 1.22 bits per heavy atom. The smallest absolute Gasteiger partial charge is 0.242 e. The second kappa shape index (κ2) is 6.83. The predicted molar refractivity (Wildman–Crippen MR) is 88.1 cm³/mol. The maximum atomic E-state index is 12.5. The molecule has 0 radical (unpaired) electrons. The summed E-state index contributed by atoms with van der Waals surface area (Å²) in [5.41, 5.74) is 1.20. The molecule has 0 saturated carbocycles. The lowest BCUT2D eigenvalue weighted by Crippen LogP contribution is -2.49. The lowest BCUT2D eigenvalue weighted by molar-refractivity contribution is -0.132. The molecule has 1 amide bonds. The number of carbonyl (C=O) groups excluding carboxylic acids is 1. The van der Waals surface area contributed by atoms with Crippen LogP contribution in [0.1, 0.15) is 18.9 Å². The maximum Gasteiger partial charge on any atom is 0.242 e. The third kappa shape index (κ3) is 3.53. The number of aromatic nitrogens is 2. The number of nitrogens with zero attached hydrogens (tertiary/aromatic N) is 4. The minimum atomic E-state index is -0.673. The van der Waals surface area contributed by atoms with Crippen molar-refractivity contribution in [2.75, 3.05) is 31.1 Å². The van der Waals surface area contributed by atoms with Gasteiger partial charge in [-0.05, 0) is 19.1 Å². The standard InChI is InChI=1S/C17H22N4O2/c1-14(22)17-18-7-8-21(17)13-16(23)20-11-9-19(10-12-20)15-5-3-2-4-6-15/h2-8,14,22H,9-13H2,1H3. The molecule has 1 aliphatic rings. The molecule has 6 nitrogen and oxygen atoms in total. The Labute approximate surface area is 136 Å². The molecule has 1 aliphatic heterocycles. The molecule has 1 fully saturated rings. The Hall–Kier alpha value is -2.34. The number of piperazine rings is 1. The first-order chi connectivity index (χ1) is 11.1. The van der Waals surface area contributed by atoms with Gasteiger partial charge in [0.15, 0.2) is 0 Å². The molecule has 1 N–H and O–H groups in total. The number of imidazole rings is 1. The van der Waals surface area contributed by atoms with Gasteiger partial charge < -0.3 is 19.5 Å². The van der Waals surface area contributed by atoms with Gasteiger partial charge in [-0.15, -0.1) is 0 Å². The molecule has 1 aromatic heterocycles. The van der Waals surface area contributed by atoms with Gasteiger partial charge in [-0.25, -0.2) is 4.98 Å². The summed E-state index contributed by atoms with van der Waals surface area (Å²) in [6, 6.07) is 10.3. The lowest BCUT2D eigenvalue weighted by Gasteiger charge is -2.36. The van der Waals surface area contributed by atoms with E-state index in [1.807, 2.05) is 23.1 Å². The number of rotatable bonds is 4. The van der Waals surface area contributed by atoms with Crippen LogP contribution in [0.3, 0.4) is 0 Å². The molecule has 1 atom stereocenters. The average molecular weight is 314 g/mol. The number of para-hydroxylation sites is 1. The average Bonchev–Trinajstić information content (AvgIpc) is 3.04. The molecule has 2 heterocycles. The Morgan fingerprint density at radius 2 is 1.91 bits per heavy atom. The van der Waals surface area contributed by atoms with Crippen molar-refractivity contribution in [2.45, 2.75) is 19.6 Å². The van der Waals surface area contributed by atoms with Crippen LogP contribution >= 0.6 is 0 Å². The van der Waals surface area contributed by atoms with Gasteiger partial charge in [-0.3, -0.25) is 4.79 Å². The highest BCUT2D eigenvalue weighted by atomic mass is 16.3. The number of aliphatic hydroxyl groups excluding tert-OH is 1. The summed E-state index contributed by atoms with van der Waals surface area (Å²) in [7, 11) is 0. The van der Waals surface area contributed by atoms with Crippen LogP contribution in [0.2, 0.25) is 0 Å². The first kappa shape index (κ1) is 15.6. The zero-order valence-electron chi connectivity index (χ0n) is 13.3. The summed E-state index contributed by atoms with van der Waals surface area (Å²) in [6.45, 7) is 4.98. The Balaban J connectivity index is 1.57. The number of benzene rings is 1. The van der Waals surface area contributed by atoms with Gasteiger partial charge in [0.1, 0.15) is 18.5 Å². The normalized spacial score (nSPS) is 16.4. The molecule has 0 bridgehead atoms. The monoisotopic (exact) mass is 314 g/mol. The topological polar surface area (TPSA) is 61.6 Å². The van der Waals surface area contributed by atoms with E-state index >= 15 is 0 Å². The molecule has 1 aromatic carbocycles. The van der Waals surface area contributed by atoms with Crippen molar-refractivity contribution < 1.29 is 9.90 Å². The van der Waals surface area contributed by atoms with Crippen LogP contribution in [0.4, 0.5) is 5.69 Å². The second-order valence-electron chi connectivity index (χ2n) is 5.79. The van der Waals surface area contributed by atoms with E-state index in [9.17, 15) is 9.90 Å². The molecule has 122 valence electrons. The van der Waals surface area contributed by atoms with E-state index in [2.05, 4.69) is 22.0 Å². The minimum absolute atomic E-state index is 0.0672. The second-order valence-corrected chi connectivity index (χ2v) is 5.79. The summed E-state index contributed by atoms with van der Waals surface area (Å²) < 4.78 is 1.72. The molecular formula is C17H22N4O2. The van der Waals surface area contributed by atoms with E-state index in [1.54, 1.807) is 23.9 Å². The van der Waals surface area contributed by atoms with Crippen LogP contribution in [0.25, 0.3) is 0 Å². The van der Waals surface area contributed by atoms with Crippen molar-refractivity contribution >= 4 is 11.6 Å². The van der Waals surface area contributed by atoms with Gasteiger partial charge in [0.2, 0.25) is 5.91 Å². The van der Waals surface area contributed by atoms with Crippen LogP contribution in [-0.4, -0.2) is 51.6 Å². The highest BCUT2D eigenvalue weighted by Crippen LogP contribution is 2.16. The molecule has 3 rings (SSSR count). The molecule has 2 aromatic rings.